The van der Waals surface area contributed by atoms with Gasteiger partial charge in [0.2, 0.25) is 0 Å². The molecule has 2 heterocycles. The Bertz CT molecular complexity index is 1270. The van der Waals surface area contributed by atoms with Crippen LogP contribution in [-0.2, 0) is 10.3 Å². The highest BCUT2D eigenvalue weighted by molar-refractivity contribution is 7.43. The van der Waals surface area contributed by atoms with Gasteiger partial charge < -0.3 is 29.1 Å². The fraction of sp³-hybridized carbons (Fsp3) is 0.0476. The monoisotopic (exact) mass is 439 g/mol. The summed E-state index contributed by atoms with van der Waals surface area (Å²) >= 11 is 0. The second kappa shape index (κ2) is 6.68. The molecule has 2 aliphatic heterocycles. The number of fused-ring (bicyclic) bond motifs is 6. The molecule has 0 aliphatic carbocycles. The molecule has 5 rings (SSSR count). The number of aromatic carboxylic acids is 1. The highest BCUT2D eigenvalue weighted by Gasteiger charge is 2.53. The minimum absolute atomic E-state index is 0.0473. The molecule has 0 amide bonds. The average molecular weight is 439 g/mol. The lowest BCUT2D eigenvalue weighted by Gasteiger charge is -2.36. The van der Waals surface area contributed by atoms with Gasteiger partial charge in [0.25, 0.3) is 0 Å². The third-order valence-corrected chi connectivity index (χ3v) is 5.61. The lowest BCUT2D eigenvalue weighted by molar-refractivity contribution is 0.0224. The number of aromatic hydroxyl groups is 1. The van der Waals surface area contributed by atoms with Crippen molar-refractivity contribution in [3.63, 3.8) is 0 Å². The Morgan fingerprint density at radius 3 is 2.39 bits per heavy atom. The quantitative estimate of drug-likeness (QED) is 0.356. The van der Waals surface area contributed by atoms with Crippen LogP contribution in [0.1, 0.15) is 37.4 Å². The van der Waals surface area contributed by atoms with Crippen LogP contribution in [0.15, 0.2) is 54.6 Å². The fourth-order valence-electron chi connectivity index (χ4n) is 3.99. The van der Waals surface area contributed by atoms with Crippen molar-refractivity contribution >= 4 is 20.5 Å². The van der Waals surface area contributed by atoms with Gasteiger partial charge in [-0.2, -0.15) is 0 Å². The molecular formula is C21H14NO8P. The lowest BCUT2D eigenvalue weighted by Crippen LogP contribution is -2.33. The van der Waals surface area contributed by atoms with Crippen molar-refractivity contribution in [2.24, 2.45) is 5.50 Å². The van der Waals surface area contributed by atoms with Crippen molar-refractivity contribution in [1.29, 1.82) is 0 Å². The van der Waals surface area contributed by atoms with E-state index in [1.54, 1.807) is 18.2 Å². The molecule has 0 saturated heterocycles. The zero-order chi connectivity index (χ0) is 21.9. The fourth-order valence-corrected chi connectivity index (χ4v) is 4.32. The Balaban J connectivity index is 1.79. The number of carbonyl (C=O) groups excluding carboxylic acids is 1. The summed E-state index contributed by atoms with van der Waals surface area (Å²) in [6.45, 7) is 0. The number of carboxylic acid groups (broad SMARTS) is 1. The van der Waals surface area contributed by atoms with Gasteiger partial charge in [0, 0.05) is 28.8 Å². The highest BCUT2D eigenvalue weighted by Crippen LogP contribution is 2.57. The van der Waals surface area contributed by atoms with Crippen molar-refractivity contribution in [3.05, 3.63) is 82.4 Å². The van der Waals surface area contributed by atoms with Crippen molar-refractivity contribution in [1.82, 2.24) is 0 Å². The maximum Gasteiger partial charge on any atom is 0.340 e. The van der Waals surface area contributed by atoms with Gasteiger partial charge in [-0.3, -0.25) is 5.50 Å². The van der Waals surface area contributed by atoms with E-state index >= 15 is 0 Å². The van der Waals surface area contributed by atoms with Crippen LogP contribution in [0.4, 0.5) is 0 Å². The molecule has 5 N–H and O–H groups in total. The van der Waals surface area contributed by atoms with Crippen LogP contribution in [0.5, 0.6) is 23.0 Å². The van der Waals surface area contributed by atoms with Gasteiger partial charge in [-0.05, 0) is 36.4 Å². The van der Waals surface area contributed by atoms with Crippen molar-refractivity contribution < 1.29 is 38.7 Å². The first-order valence-corrected chi connectivity index (χ1v) is 10.3. The molecule has 31 heavy (non-hydrogen) atoms. The van der Waals surface area contributed by atoms with Gasteiger partial charge in [0.15, 0.2) is 5.60 Å². The number of nitrogens with two attached hydrogens (primary N) is 1. The molecular weight excluding hydrogens is 425 g/mol. The molecule has 0 bridgehead atoms. The van der Waals surface area contributed by atoms with Gasteiger partial charge in [0.1, 0.15) is 23.0 Å². The number of benzene rings is 3. The molecule has 9 nitrogen and oxygen atoms in total. The smallest absolute Gasteiger partial charge is 0.340 e. The minimum Gasteiger partial charge on any atom is -0.508 e. The maximum atomic E-state index is 12.8. The van der Waals surface area contributed by atoms with Crippen LogP contribution in [0, 0.1) is 0 Å². The summed E-state index contributed by atoms with van der Waals surface area (Å²) in [6, 6.07) is 13.3. The third-order valence-electron chi connectivity index (χ3n) is 5.21. The van der Waals surface area contributed by atoms with E-state index in [2.05, 4.69) is 0 Å². The molecule has 0 aromatic heterocycles. The summed E-state index contributed by atoms with van der Waals surface area (Å²) in [6.07, 6.45) is 0. The zero-order valence-corrected chi connectivity index (χ0v) is 16.5. The molecule has 2 atom stereocenters. The summed E-state index contributed by atoms with van der Waals surface area (Å²) in [7, 11) is -2.16. The standard InChI is InChI=1S/C21H14NO8P/c22-31(27)30-12-3-6-16-18(9-12)28-17-8-11(23)2-5-15(17)21(16)14-4-1-10(19(24)25)7-13(14)20(26)29-21/h1-9,23,27H,22H2,(H,24,25). The molecule has 2 aliphatic rings. The number of rotatable bonds is 3. The topological polar surface area (TPSA) is 149 Å². The zero-order valence-electron chi connectivity index (χ0n) is 15.6. The van der Waals surface area contributed by atoms with E-state index in [0.717, 1.165) is 0 Å². The highest BCUT2D eigenvalue weighted by atomic mass is 31.2. The molecule has 0 saturated carbocycles. The summed E-state index contributed by atoms with van der Waals surface area (Å²) in [5.41, 5.74) is 5.35. The predicted octanol–water partition coefficient (Wildman–Crippen LogP) is 3.22. The molecule has 3 aromatic rings. The first-order chi connectivity index (χ1) is 14.8. The van der Waals surface area contributed by atoms with Crippen molar-refractivity contribution in [2.45, 2.75) is 5.60 Å². The second-order valence-electron chi connectivity index (χ2n) is 6.97. The number of esters is 1. The molecule has 0 fully saturated rings. The Hall–Kier alpha value is -3.65. The van der Waals surface area contributed by atoms with E-state index in [1.807, 2.05) is 0 Å². The first-order valence-electron chi connectivity index (χ1n) is 8.98. The van der Waals surface area contributed by atoms with Gasteiger partial charge in [-0.1, -0.05) is 6.07 Å². The van der Waals surface area contributed by atoms with Gasteiger partial charge in [0.05, 0.1) is 11.1 Å². The summed E-state index contributed by atoms with van der Waals surface area (Å²) in [5.74, 6) is -1.18. The average Bonchev–Trinajstić information content (AvgIpc) is 3.00. The van der Waals surface area contributed by atoms with Crippen molar-refractivity contribution in [3.8, 4) is 23.0 Å². The predicted molar refractivity (Wildman–Crippen MR) is 107 cm³/mol. The van der Waals surface area contributed by atoms with Crippen LogP contribution in [0.2, 0.25) is 0 Å². The van der Waals surface area contributed by atoms with Gasteiger partial charge >= 0.3 is 20.5 Å². The van der Waals surface area contributed by atoms with Crippen molar-refractivity contribution in [2.75, 3.05) is 0 Å². The van der Waals surface area contributed by atoms with Gasteiger partial charge in [-0.15, -0.1) is 0 Å². The summed E-state index contributed by atoms with van der Waals surface area (Å²) in [5, 5.41) is 19.3. The van der Waals surface area contributed by atoms with E-state index in [0.29, 0.717) is 16.7 Å². The Kier molecular flexibility index (Phi) is 4.16. The first kappa shape index (κ1) is 19.3. The number of hydrogen-bond donors (Lipinski definition) is 4. The Morgan fingerprint density at radius 2 is 1.68 bits per heavy atom. The normalized spacial score (nSPS) is 19.0. The number of hydrogen-bond acceptors (Lipinski definition) is 8. The largest absolute Gasteiger partial charge is 0.508 e. The maximum absolute atomic E-state index is 12.8. The summed E-state index contributed by atoms with van der Waals surface area (Å²) < 4.78 is 17.0. The molecule has 156 valence electrons. The van der Waals surface area contributed by atoms with Crippen LogP contribution in [0.3, 0.4) is 0 Å². The molecule has 1 spiro atoms. The molecule has 2 unspecified atom stereocenters. The SMILES string of the molecule is NP(O)Oc1ccc2c(c1)Oc1cc(O)ccc1C21OC(=O)c2cc(C(=O)O)ccc21. The van der Waals surface area contributed by atoms with E-state index in [9.17, 15) is 24.7 Å². The molecule has 3 aromatic carbocycles. The number of phenolic OH excluding ortho intramolecular Hbond substituents is 1. The lowest BCUT2D eigenvalue weighted by atomic mass is 9.77. The molecule has 0 radical (unpaired) electrons. The van der Waals surface area contributed by atoms with Crippen LogP contribution in [-0.4, -0.2) is 27.0 Å². The van der Waals surface area contributed by atoms with E-state index < -0.39 is 26.1 Å². The number of carboxylic acids is 1. The minimum atomic E-state index is -2.16. The summed E-state index contributed by atoms with van der Waals surface area (Å²) in [4.78, 5) is 33.6. The second-order valence-corrected chi connectivity index (χ2v) is 7.76. The van der Waals surface area contributed by atoms with E-state index in [-0.39, 0.29) is 34.1 Å². The van der Waals surface area contributed by atoms with E-state index in [1.165, 1.54) is 36.4 Å². The van der Waals surface area contributed by atoms with Crippen LogP contribution >= 0.6 is 8.53 Å². The van der Waals surface area contributed by atoms with Gasteiger partial charge in [-0.25, -0.2) is 9.59 Å². The number of phenols is 1. The Morgan fingerprint density at radius 1 is 1.00 bits per heavy atom. The number of carbonyl (C=O) groups is 2. The van der Waals surface area contributed by atoms with Crippen LogP contribution in [0.25, 0.3) is 0 Å². The Labute approximate surface area is 176 Å². The third kappa shape index (κ3) is 2.83. The van der Waals surface area contributed by atoms with Crippen LogP contribution < -0.4 is 14.8 Å². The number of ether oxygens (including phenoxy) is 2. The van der Waals surface area contributed by atoms with E-state index in [4.69, 9.17) is 19.5 Å². The molecule has 10 heteroatoms.